The third-order valence-electron chi connectivity index (χ3n) is 2.75. The molecule has 0 atom stereocenters. The lowest BCUT2D eigenvalue weighted by Crippen LogP contribution is -2.14. The minimum atomic E-state index is -3.67. The van der Waals surface area contributed by atoms with Crippen LogP contribution in [0.1, 0.15) is 19.4 Å². The Kier molecular flexibility index (Phi) is 4.80. The molecule has 21 heavy (non-hydrogen) atoms. The summed E-state index contributed by atoms with van der Waals surface area (Å²) in [5.74, 6) is 0.653. The van der Waals surface area contributed by atoms with E-state index in [2.05, 4.69) is 28.8 Å². The summed E-state index contributed by atoms with van der Waals surface area (Å²) in [6.07, 6.45) is 0.913. The fraction of sp³-hybridized carbons (Fsp3) is 0.286. The van der Waals surface area contributed by atoms with E-state index < -0.39 is 10.0 Å². The van der Waals surface area contributed by atoms with Crippen molar-refractivity contribution in [2.75, 3.05) is 4.72 Å². The fourth-order valence-corrected chi connectivity index (χ4v) is 2.94. The second kappa shape index (κ2) is 6.41. The maximum Gasteiger partial charge on any atom is 0.263 e. The average molecular weight is 326 g/mol. The van der Waals surface area contributed by atoms with Crippen LogP contribution in [0, 0.1) is 5.92 Å². The van der Waals surface area contributed by atoms with Crippen molar-refractivity contribution in [2.24, 2.45) is 5.92 Å². The quantitative estimate of drug-likeness (QED) is 0.916. The van der Waals surface area contributed by atoms with E-state index in [1.54, 1.807) is 12.1 Å². The van der Waals surface area contributed by atoms with Crippen LogP contribution in [0.3, 0.4) is 0 Å². The van der Waals surface area contributed by atoms with Crippen LogP contribution in [0.15, 0.2) is 41.3 Å². The zero-order valence-electron chi connectivity index (χ0n) is 11.7. The molecule has 0 bridgehead atoms. The van der Waals surface area contributed by atoms with Gasteiger partial charge in [-0.15, -0.1) is 10.2 Å². The van der Waals surface area contributed by atoms with Crippen LogP contribution >= 0.6 is 11.6 Å². The molecule has 112 valence electrons. The molecule has 0 aliphatic carbocycles. The number of aromatic nitrogens is 2. The topological polar surface area (TPSA) is 72.0 Å². The largest absolute Gasteiger partial charge is 0.263 e. The molecular weight excluding hydrogens is 310 g/mol. The molecule has 0 aliphatic rings. The Hall–Kier alpha value is -1.66. The number of nitrogens with one attached hydrogen (secondary N) is 1. The predicted molar refractivity (Wildman–Crippen MR) is 82.8 cm³/mol. The van der Waals surface area contributed by atoms with E-state index in [1.165, 1.54) is 12.1 Å². The fourth-order valence-electron chi connectivity index (χ4n) is 1.84. The Morgan fingerprint density at radius 1 is 1.10 bits per heavy atom. The summed E-state index contributed by atoms with van der Waals surface area (Å²) in [4.78, 5) is 0.187. The number of halogens is 1. The van der Waals surface area contributed by atoms with E-state index in [1.807, 2.05) is 12.1 Å². The molecule has 0 fully saturated rings. The van der Waals surface area contributed by atoms with Crippen molar-refractivity contribution >= 4 is 27.4 Å². The minimum absolute atomic E-state index is 0.130. The van der Waals surface area contributed by atoms with Gasteiger partial charge in [-0.1, -0.05) is 37.6 Å². The van der Waals surface area contributed by atoms with E-state index in [9.17, 15) is 8.42 Å². The van der Waals surface area contributed by atoms with Gasteiger partial charge in [0.25, 0.3) is 10.0 Å². The molecule has 1 aromatic heterocycles. The Bertz CT molecular complexity index is 698. The average Bonchev–Trinajstić information content (AvgIpc) is 2.41. The van der Waals surface area contributed by atoms with Gasteiger partial charge in [0.1, 0.15) is 0 Å². The molecule has 0 radical (unpaired) electrons. The van der Waals surface area contributed by atoms with Crippen LogP contribution in [-0.4, -0.2) is 18.6 Å². The van der Waals surface area contributed by atoms with Crippen LogP contribution in [0.2, 0.25) is 5.15 Å². The van der Waals surface area contributed by atoms with Gasteiger partial charge in [0.15, 0.2) is 11.0 Å². The zero-order valence-corrected chi connectivity index (χ0v) is 13.3. The number of sulfonamides is 1. The molecule has 5 nitrogen and oxygen atoms in total. The van der Waals surface area contributed by atoms with Gasteiger partial charge in [0.2, 0.25) is 0 Å². The molecular formula is C14H16ClN3O2S. The first-order valence-electron chi connectivity index (χ1n) is 6.48. The Morgan fingerprint density at radius 2 is 1.76 bits per heavy atom. The van der Waals surface area contributed by atoms with E-state index in [0.717, 1.165) is 12.0 Å². The van der Waals surface area contributed by atoms with E-state index in [-0.39, 0.29) is 15.9 Å². The van der Waals surface area contributed by atoms with Gasteiger partial charge in [-0.2, -0.15) is 0 Å². The van der Waals surface area contributed by atoms with Crippen LogP contribution < -0.4 is 4.72 Å². The predicted octanol–water partition coefficient (Wildman–Crippen LogP) is 3.13. The zero-order chi connectivity index (χ0) is 15.5. The summed E-state index contributed by atoms with van der Waals surface area (Å²) in [7, 11) is -3.67. The molecule has 2 aromatic rings. The molecule has 0 saturated heterocycles. The highest BCUT2D eigenvalue weighted by Crippen LogP contribution is 2.17. The van der Waals surface area contributed by atoms with Crippen LogP contribution in [0.25, 0.3) is 0 Å². The first-order valence-corrected chi connectivity index (χ1v) is 8.34. The lowest BCUT2D eigenvalue weighted by atomic mass is 10.0. The summed E-state index contributed by atoms with van der Waals surface area (Å²) >= 11 is 5.61. The van der Waals surface area contributed by atoms with Crippen molar-refractivity contribution in [1.82, 2.24) is 10.2 Å². The molecule has 1 heterocycles. The van der Waals surface area contributed by atoms with Gasteiger partial charge in [-0.3, -0.25) is 4.72 Å². The molecule has 7 heteroatoms. The summed E-state index contributed by atoms with van der Waals surface area (Å²) in [5.41, 5.74) is 1.11. The normalized spacial score (nSPS) is 11.6. The number of benzene rings is 1. The number of nitrogens with zero attached hydrogens (tertiary/aromatic N) is 2. The van der Waals surface area contributed by atoms with Crippen molar-refractivity contribution in [1.29, 1.82) is 0 Å². The molecule has 2 rings (SSSR count). The van der Waals surface area contributed by atoms with Crippen molar-refractivity contribution < 1.29 is 8.42 Å². The molecule has 1 N–H and O–H groups in total. The highest BCUT2D eigenvalue weighted by atomic mass is 35.5. The van der Waals surface area contributed by atoms with Crippen molar-refractivity contribution in [3.05, 3.63) is 47.1 Å². The SMILES string of the molecule is CC(C)Cc1ccc(S(=O)(=O)Nc2ccc(Cl)nn2)cc1. The second-order valence-corrected chi connectivity index (χ2v) is 7.16. The maximum absolute atomic E-state index is 12.2. The van der Waals surface area contributed by atoms with E-state index in [0.29, 0.717) is 5.92 Å². The highest BCUT2D eigenvalue weighted by Gasteiger charge is 2.15. The lowest BCUT2D eigenvalue weighted by molar-refractivity contribution is 0.600. The van der Waals surface area contributed by atoms with E-state index >= 15 is 0 Å². The van der Waals surface area contributed by atoms with Gasteiger partial charge in [0.05, 0.1) is 4.90 Å². The number of hydrogen-bond donors (Lipinski definition) is 1. The van der Waals surface area contributed by atoms with E-state index in [4.69, 9.17) is 11.6 Å². The molecule has 0 saturated carbocycles. The van der Waals surface area contributed by atoms with Gasteiger partial charge >= 0.3 is 0 Å². The van der Waals surface area contributed by atoms with Gasteiger partial charge in [-0.25, -0.2) is 8.42 Å². The maximum atomic E-state index is 12.2. The van der Waals surface area contributed by atoms with Gasteiger partial charge in [-0.05, 0) is 42.2 Å². The number of rotatable bonds is 5. The minimum Gasteiger partial charge on any atom is -0.262 e. The molecule has 0 aliphatic heterocycles. The van der Waals surface area contributed by atoms with Crippen LogP contribution in [0.4, 0.5) is 5.82 Å². The van der Waals surface area contributed by atoms with Gasteiger partial charge < -0.3 is 0 Å². The Morgan fingerprint density at radius 3 is 2.29 bits per heavy atom. The summed E-state index contributed by atoms with van der Waals surface area (Å²) in [6.45, 7) is 4.23. The smallest absolute Gasteiger partial charge is 0.262 e. The first kappa shape index (κ1) is 15.7. The monoisotopic (exact) mass is 325 g/mol. The van der Waals surface area contributed by atoms with Crippen molar-refractivity contribution in [3.8, 4) is 0 Å². The summed E-state index contributed by atoms with van der Waals surface area (Å²) in [5, 5.41) is 7.47. The lowest BCUT2D eigenvalue weighted by Gasteiger charge is -2.08. The standard InChI is InChI=1S/C14H16ClN3O2S/c1-10(2)9-11-3-5-12(6-4-11)21(19,20)18-14-8-7-13(15)16-17-14/h3-8,10H,9H2,1-2H3,(H,17,18). The summed E-state index contributed by atoms with van der Waals surface area (Å²) in [6, 6.07) is 9.75. The third-order valence-corrected chi connectivity index (χ3v) is 4.32. The molecule has 0 amide bonds. The molecule has 0 spiro atoms. The second-order valence-electron chi connectivity index (χ2n) is 5.09. The highest BCUT2D eigenvalue weighted by molar-refractivity contribution is 7.92. The van der Waals surface area contributed by atoms with Gasteiger partial charge in [0, 0.05) is 0 Å². The van der Waals surface area contributed by atoms with Crippen molar-refractivity contribution in [3.63, 3.8) is 0 Å². The third kappa shape index (κ3) is 4.41. The Balaban J connectivity index is 2.17. The Labute approximate surface area is 129 Å². The van der Waals surface area contributed by atoms with Crippen LogP contribution in [0.5, 0.6) is 0 Å². The molecule has 0 unspecified atom stereocenters. The summed E-state index contributed by atoms with van der Waals surface area (Å²) < 4.78 is 26.8. The molecule has 1 aromatic carbocycles. The van der Waals surface area contributed by atoms with Crippen molar-refractivity contribution in [2.45, 2.75) is 25.2 Å². The van der Waals surface area contributed by atoms with Crippen LogP contribution in [-0.2, 0) is 16.4 Å². The first-order chi connectivity index (χ1) is 9.87. The number of anilines is 1. The number of hydrogen-bond acceptors (Lipinski definition) is 4.